The number of benzene rings is 1. The number of hydrogen-bond acceptors (Lipinski definition) is 2. The van der Waals surface area contributed by atoms with Crippen molar-refractivity contribution in [1.29, 1.82) is 0 Å². The van der Waals surface area contributed by atoms with Gasteiger partial charge in [-0.1, -0.05) is 135 Å². The summed E-state index contributed by atoms with van der Waals surface area (Å²) in [5.74, 6) is 0.794. The van der Waals surface area contributed by atoms with Crippen LogP contribution in [-0.4, -0.2) is 51.2 Å². The summed E-state index contributed by atoms with van der Waals surface area (Å²) in [4.78, 5) is 12.1. The quantitative estimate of drug-likeness (QED) is 0.0627. The third-order valence-corrected chi connectivity index (χ3v) is 8.40. The molecule has 244 valence electrons. The summed E-state index contributed by atoms with van der Waals surface area (Å²) in [5.41, 5.74) is 0.994. The maximum absolute atomic E-state index is 12.1. The second-order valence-electron chi connectivity index (χ2n) is 12.9. The van der Waals surface area contributed by atoms with E-state index in [1.54, 1.807) is 13.2 Å². The van der Waals surface area contributed by atoms with E-state index < -0.39 is 0 Å². The van der Waals surface area contributed by atoms with Crippen molar-refractivity contribution in [2.24, 2.45) is 0 Å². The highest BCUT2D eigenvalue weighted by atomic mass is 35.5. The van der Waals surface area contributed by atoms with Crippen molar-refractivity contribution in [2.75, 3.05) is 40.8 Å². The molecule has 0 radical (unpaired) electrons. The van der Waals surface area contributed by atoms with Crippen LogP contribution in [0.2, 0.25) is 0 Å². The van der Waals surface area contributed by atoms with Crippen LogP contribution in [0.15, 0.2) is 30.3 Å². The molecule has 0 fully saturated rings. The Balaban J connectivity index is 0.0000168. The van der Waals surface area contributed by atoms with Crippen LogP contribution in [0, 0.1) is 0 Å². The Morgan fingerprint density at radius 2 is 1.07 bits per heavy atom. The van der Waals surface area contributed by atoms with E-state index in [9.17, 15) is 4.79 Å². The average Bonchev–Trinajstić information content (AvgIpc) is 2.97. The zero-order valence-corrected chi connectivity index (χ0v) is 28.8. The predicted molar refractivity (Wildman–Crippen MR) is 180 cm³/mol. The Morgan fingerprint density at radius 1 is 0.667 bits per heavy atom. The second kappa shape index (κ2) is 28.3. The van der Waals surface area contributed by atoms with Crippen LogP contribution < -0.4 is 22.5 Å². The van der Waals surface area contributed by atoms with Gasteiger partial charge in [0.2, 0.25) is 5.91 Å². The highest BCUT2D eigenvalue weighted by molar-refractivity contribution is 5.91. The number of nitrogens with one attached hydrogen (secondary N) is 1. The summed E-state index contributed by atoms with van der Waals surface area (Å²) in [7, 11) is 6.29. The summed E-state index contributed by atoms with van der Waals surface area (Å²) < 4.78 is 6.20. The minimum Gasteiger partial charge on any atom is -1.00 e. The van der Waals surface area contributed by atoms with Crippen molar-refractivity contribution in [1.82, 2.24) is 5.32 Å². The van der Waals surface area contributed by atoms with E-state index in [2.05, 4.69) is 26.3 Å². The van der Waals surface area contributed by atoms with E-state index in [0.29, 0.717) is 0 Å². The minimum atomic E-state index is -0.0276. The summed E-state index contributed by atoms with van der Waals surface area (Å²) in [6.45, 7) is 5.35. The molecule has 4 nitrogen and oxygen atoms in total. The van der Waals surface area contributed by atoms with Crippen LogP contribution in [0.25, 0.3) is 6.08 Å². The predicted octanol–water partition coefficient (Wildman–Crippen LogP) is 7.12. The molecule has 0 aliphatic heterocycles. The fraction of sp³-hybridized carbons (Fsp3) is 0.757. The third-order valence-electron chi connectivity index (χ3n) is 8.40. The topological polar surface area (TPSA) is 38.3 Å². The Kier molecular flexibility index (Phi) is 27.2. The van der Waals surface area contributed by atoms with E-state index in [0.717, 1.165) is 35.3 Å². The molecule has 0 atom stereocenters. The highest BCUT2D eigenvalue weighted by Crippen LogP contribution is 2.15. The van der Waals surface area contributed by atoms with Crippen LogP contribution in [0.5, 0.6) is 5.75 Å². The molecule has 1 aromatic carbocycles. The molecule has 42 heavy (non-hydrogen) atoms. The molecule has 1 amide bonds. The lowest BCUT2D eigenvalue weighted by molar-refractivity contribution is -0.890. The number of amides is 1. The first-order valence-electron chi connectivity index (χ1n) is 17.4. The van der Waals surface area contributed by atoms with Crippen molar-refractivity contribution < 1.29 is 26.4 Å². The Hall–Kier alpha value is -1.52. The first-order chi connectivity index (χ1) is 20.0. The monoisotopic (exact) mass is 606 g/mol. The fourth-order valence-corrected chi connectivity index (χ4v) is 5.57. The number of quaternary nitrogens is 1. The first-order valence-corrected chi connectivity index (χ1v) is 17.4. The molecule has 0 bridgehead atoms. The first kappa shape index (κ1) is 40.5. The number of carbonyl (C=O) groups is 1. The molecule has 0 saturated carbocycles. The van der Waals surface area contributed by atoms with Gasteiger partial charge in [-0.3, -0.25) is 4.79 Å². The number of carbonyl (C=O) groups excluding carboxylic acids is 1. The smallest absolute Gasteiger partial charge is 0.244 e. The molecule has 0 unspecified atom stereocenters. The molecular weight excluding hydrogens is 540 g/mol. The van der Waals surface area contributed by atoms with E-state index in [1.165, 1.54) is 135 Å². The van der Waals surface area contributed by atoms with Gasteiger partial charge >= 0.3 is 0 Å². The molecule has 5 heteroatoms. The van der Waals surface area contributed by atoms with Crippen LogP contribution in [0.4, 0.5) is 0 Å². The highest BCUT2D eigenvalue weighted by Gasteiger charge is 2.13. The van der Waals surface area contributed by atoms with E-state index in [1.807, 2.05) is 30.3 Å². The number of nitrogens with zero attached hydrogens (tertiary/aromatic N) is 1. The molecule has 1 aromatic rings. The van der Waals surface area contributed by atoms with Gasteiger partial charge < -0.3 is 26.9 Å². The summed E-state index contributed by atoms with van der Waals surface area (Å²) in [5, 5.41) is 3.02. The summed E-state index contributed by atoms with van der Waals surface area (Å²) >= 11 is 0. The fourth-order valence-electron chi connectivity index (χ4n) is 5.57. The van der Waals surface area contributed by atoms with Crippen molar-refractivity contribution in [3.05, 3.63) is 35.9 Å². The normalized spacial score (nSPS) is 11.5. The van der Waals surface area contributed by atoms with E-state index >= 15 is 0 Å². The third kappa shape index (κ3) is 25.0. The van der Waals surface area contributed by atoms with E-state index in [4.69, 9.17) is 4.74 Å². The van der Waals surface area contributed by atoms with Gasteiger partial charge in [0.05, 0.1) is 34.3 Å². The number of halogens is 1. The Bertz CT molecular complexity index is 764. The number of unbranched alkanes of at least 4 members (excludes halogenated alkanes) is 19. The zero-order valence-electron chi connectivity index (χ0n) is 28.1. The number of hydrogen-bond donors (Lipinski definition) is 1. The second-order valence-corrected chi connectivity index (χ2v) is 12.9. The standard InChI is InChI=1S/C37H66N2O2.ClH/c1-5-6-7-8-9-10-11-12-13-14-15-16-17-18-19-20-21-22-23-24-33-39(2,3)34-25-32-38-37(40)31-28-35-26-29-36(41-4)30-27-35;/h26-31H,5-25,32-34H2,1-4H3;1H/b31-28+;. The van der Waals surface area contributed by atoms with Crippen LogP contribution in [0.3, 0.4) is 0 Å². The Labute approximate surface area is 267 Å². The minimum absolute atomic E-state index is 0. The van der Waals surface area contributed by atoms with Gasteiger partial charge in [-0.2, -0.15) is 0 Å². The lowest BCUT2D eigenvalue weighted by Crippen LogP contribution is -3.00. The van der Waals surface area contributed by atoms with Gasteiger partial charge in [0, 0.05) is 19.0 Å². The van der Waals surface area contributed by atoms with Crippen molar-refractivity contribution in [3.63, 3.8) is 0 Å². The summed E-state index contributed by atoms with van der Waals surface area (Å²) in [6, 6.07) is 7.70. The van der Waals surface area contributed by atoms with Crippen LogP contribution in [-0.2, 0) is 4.79 Å². The molecular formula is C37H67ClN2O2. The number of rotatable bonds is 28. The van der Waals surface area contributed by atoms with Gasteiger partial charge in [-0.15, -0.1) is 0 Å². The summed E-state index contributed by atoms with van der Waals surface area (Å²) in [6.07, 6.45) is 33.0. The van der Waals surface area contributed by atoms with Gasteiger partial charge in [0.25, 0.3) is 0 Å². The SMILES string of the molecule is CCCCCCCCCCCCCCCCCCCCCC[N+](C)(C)CCCNC(=O)/C=C/c1ccc(OC)cc1.[Cl-]. The molecule has 1 N–H and O–H groups in total. The maximum atomic E-state index is 12.1. The number of ether oxygens (including phenoxy) is 1. The van der Waals surface area contributed by atoms with Gasteiger partial charge in [0.15, 0.2) is 0 Å². The van der Waals surface area contributed by atoms with Crippen LogP contribution in [0.1, 0.15) is 147 Å². The average molecular weight is 607 g/mol. The lowest BCUT2D eigenvalue weighted by Gasteiger charge is -2.30. The number of methoxy groups -OCH3 is 1. The molecule has 1 rings (SSSR count). The molecule has 0 aliphatic rings. The van der Waals surface area contributed by atoms with Gasteiger partial charge in [-0.05, 0) is 36.6 Å². The van der Waals surface area contributed by atoms with Gasteiger partial charge in [0.1, 0.15) is 5.75 Å². The van der Waals surface area contributed by atoms with Crippen molar-refractivity contribution in [3.8, 4) is 5.75 Å². The largest absolute Gasteiger partial charge is 1.00 e. The van der Waals surface area contributed by atoms with Gasteiger partial charge in [-0.25, -0.2) is 0 Å². The Morgan fingerprint density at radius 3 is 1.50 bits per heavy atom. The molecule has 0 aliphatic carbocycles. The van der Waals surface area contributed by atoms with Crippen molar-refractivity contribution in [2.45, 2.75) is 142 Å². The maximum Gasteiger partial charge on any atom is 0.244 e. The molecule has 0 heterocycles. The van der Waals surface area contributed by atoms with Crippen molar-refractivity contribution >= 4 is 12.0 Å². The van der Waals surface area contributed by atoms with Crippen LogP contribution >= 0.6 is 0 Å². The molecule has 0 saturated heterocycles. The lowest BCUT2D eigenvalue weighted by atomic mass is 10.0. The molecule has 0 spiro atoms. The zero-order chi connectivity index (χ0) is 29.9. The molecule has 0 aromatic heterocycles. The van der Waals surface area contributed by atoms with E-state index in [-0.39, 0.29) is 18.3 Å².